The number of aryl methyl sites for hydroxylation is 1. The molecule has 0 aromatic carbocycles. The van der Waals surface area contributed by atoms with Gasteiger partial charge in [0.05, 0.1) is 7.11 Å². The molecule has 0 N–H and O–H groups in total. The molecule has 0 aliphatic heterocycles. The van der Waals surface area contributed by atoms with Crippen molar-refractivity contribution in [2.75, 3.05) is 12.4 Å². The number of hydrogen-bond donors (Lipinski definition) is 0. The predicted octanol–water partition coefficient (Wildman–Crippen LogP) is 1.82. The van der Waals surface area contributed by atoms with Gasteiger partial charge in [-0.3, -0.25) is 4.79 Å². The zero-order chi connectivity index (χ0) is 11.1. The summed E-state index contributed by atoms with van der Waals surface area (Å²) in [6.07, 6.45) is 3.18. The topological polar surface area (TPSA) is 44.1 Å². The molecule has 5 heteroatoms. The van der Waals surface area contributed by atoms with E-state index in [9.17, 15) is 4.79 Å². The van der Waals surface area contributed by atoms with Crippen molar-refractivity contribution < 1.29 is 4.74 Å². The van der Waals surface area contributed by atoms with Crippen LogP contribution in [0.25, 0.3) is 0 Å². The van der Waals surface area contributed by atoms with E-state index in [2.05, 4.69) is 21.0 Å². The highest BCUT2D eigenvalue weighted by atomic mass is 79.9. The lowest BCUT2D eigenvalue weighted by Gasteiger charge is -2.05. The van der Waals surface area contributed by atoms with Crippen LogP contribution in [0, 0.1) is 0 Å². The Morgan fingerprint density at radius 1 is 1.40 bits per heavy atom. The van der Waals surface area contributed by atoms with Gasteiger partial charge in [-0.05, 0) is 12.8 Å². The molecule has 0 saturated heterocycles. The molecule has 0 bridgehead atoms. The molecule has 0 unspecified atom stereocenters. The number of halogens is 1. The van der Waals surface area contributed by atoms with E-state index in [1.807, 2.05) is 0 Å². The third-order valence-corrected chi connectivity index (χ3v) is 2.62. The van der Waals surface area contributed by atoms with Crippen molar-refractivity contribution in [1.82, 2.24) is 9.78 Å². The fourth-order valence-corrected chi connectivity index (χ4v) is 1.63. The van der Waals surface area contributed by atoms with Gasteiger partial charge >= 0.3 is 0 Å². The molecule has 0 atom stereocenters. The zero-order valence-electron chi connectivity index (χ0n) is 8.78. The molecule has 84 valence electrons. The molecule has 0 spiro atoms. The first kappa shape index (κ1) is 12.2. The van der Waals surface area contributed by atoms with Crippen molar-refractivity contribution in [3.63, 3.8) is 0 Å². The van der Waals surface area contributed by atoms with Crippen LogP contribution in [-0.2, 0) is 6.54 Å². The first-order valence-electron chi connectivity index (χ1n) is 4.96. The Balaban J connectivity index is 2.55. The molecule has 0 aliphatic carbocycles. The maximum absolute atomic E-state index is 11.4. The van der Waals surface area contributed by atoms with Crippen LogP contribution < -0.4 is 10.3 Å². The van der Waals surface area contributed by atoms with Crippen LogP contribution >= 0.6 is 15.9 Å². The van der Waals surface area contributed by atoms with Crippen molar-refractivity contribution >= 4 is 15.9 Å². The van der Waals surface area contributed by atoms with Crippen LogP contribution in [-0.4, -0.2) is 22.2 Å². The maximum Gasteiger partial charge on any atom is 0.266 e. The van der Waals surface area contributed by atoms with Gasteiger partial charge in [0.1, 0.15) is 0 Å². The monoisotopic (exact) mass is 274 g/mol. The Hall–Kier alpha value is -0.840. The summed E-state index contributed by atoms with van der Waals surface area (Å²) in [5.41, 5.74) is -0.0744. The van der Waals surface area contributed by atoms with Crippen LogP contribution in [0.1, 0.15) is 19.3 Å². The molecule has 4 nitrogen and oxygen atoms in total. The molecule has 1 aromatic rings. The van der Waals surface area contributed by atoms with Gasteiger partial charge in [-0.25, -0.2) is 4.68 Å². The minimum atomic E-state index is -0.0744. The average molecular weight is 275 g/mol. The number of hydrogen-bond acceptors (Lipinski definition) is 3. The zero-order valence-corrected chi connectivity index (χ0v) is 10.4. The second-order valence-electron chi connectivity index (χ2n) is 3.19. The predicted molar refractivity (Wildman–Crippen MR) is 62.7 cm³/mol. The smallest absolute Gasteiger partial charge is 0.266 e. The Morgan fingerprint density at radius 3 is 2.87 bits per heavy atom. The number of aromatic nitrogens is 2. The minimum Gasteiger partial charge on any atom is -0.480 e. The number of nitrogens with zero attached hydrogens (tertiary/aromatic N) is 2. The van der Waals surface area contributed by atoms with Crippen LogP contribution in [0.5, 0.6) is 5.88 Å². The highest BCUT2D eigenvalue weighted by molar-refractivity contribution is 9.09. The maximum atomic E-state index is 11.4. The van der Waals surface area contributed by atoms with Crippen molar-refractivity contribution in [2.45, 2.75) is 25.8 Å². The summed E-state index contributed by atoms with van der Waals surface area (Å²) in [6.45, 7) is 0.656. The molecule has 0 amide bonds. The lowest BCUT2D eigenvalue weighted by molar-refractivity contribution is 0.373. The molecule has 1 aromatic heterocycles. The molecule has 0 radical (unpaired) electrons. The Bertz CT molecular complexity index is 352. The normalized spacial score (nSPS) is 10.3. The van der Waals surface area contributed by atoms with E-state index in [0.29, 0.717) is 12.4 Å². The molecule has 0 fully saturated rings. The highest BCUT2D eigenvalue weighted by Crippen LogP contribution is 2.02. The number of alkyl halides is 1. The average Bonchev–Trinajstić information content (AvgIpc) is 2.26. The molecule has 1 rings (SSSR count). The first-order valence-corrected chi connectivity index (χ1v) is 6.08. The third kappa shape index (κ3) is 4.03. The van der Waals surface area contributed by atoms with E-state index >= 15 is 0 Å². The summed E-state index contributed by atoms with van der Waals surface area (Å²) >= 11 is 3.37. The van der Waals surface area contributed by atoms with Crippen LogP contribution in [0.2, 0.25) is 0 Å². The van der Waals surface area contributed by atoms with Gasteiger partial charge < -0.3 is 4.74 Å². The molecule has 15 heavy (non-hydrogen) atoms. The number of rotatable bonds is 6. The number of ether oxygens (including phenoxy) is 1. The lowest BCUT2D eigenvalue weighted by Crippen LogP contribution is -2.22. The van der Waals surface area contributed by atoms with Crippen LogP contribution in [0.15, 0.2) is 16.9 Å². The third-order valence-electron chi connectivity index (χ3n) is 2.05. The summed E-state index contributed by atoms with van der Waals surface area (Å²) in [5.74, 6) is 0.482. The largest absolute Gasteiger partial charge is 0.480 e. The van der Waals surface area contributed by atoms with E-state index in [1.54, 1.807) is 13.2 Å². The summed E-state index contributed by atoms with van der Waals surface area (Å²) in [6, 6.07) is 3.06. The molecular formula is C10H15BrN2O2. The van der Waals surface area contributed by atoms with Crippen molar-refractivity contribution in [1.29, 1.82) is 0 Å². The fourth-order valence-electron chi connectivity index (χ4n) is 1.23. The molecule has 1 heterocycles. The van der Waals surface area contributed by atoms with E-state index in [-0.39, 0.29) is 5.56 Å². The highest BCUT2D eigenvalue weighted by Gasteiger charge is 1.99. The van der Waals surface area contributed by atoms with Crippen molar-refractivity contribution in [3.8, 4) is 5.88 Å². The van der Waals surface area contributed by atoms with Crippen LogP contribution in [0.4, 0.5) is 0 Å². The molecule has 0 aliphatic rings. The van der Waals surface area contributed by atoms with Crippen molar-refractivity contribution in [2.24, 2.45) is 0 Å². The second-order valence-corrected chi connectivity index (χ2v) is 3.98. The van der Waals surface area contributed by atoms with E-state index < -0.39 is 0 Å². The molecule has 0 saturated carbocycles. The van der Waals surface area contributed by atoms with Gasteiger partial charge in [-0.2, -0.15) is 0 Å². The van der Waals surface area contributed by atoms with Gasteiger partial charge in [-0.15, -0.1) is 5.10 Å². The van der Waals surface area contributed by atoms with Crippen molar-refractivity contribution in [3.05, 3.63) is 22.5 Å². The standard InChI is InChI=1S/C10H15BrN2O2/c1-15-9-5-6-10(14)13(12-9)8-4-2-3-7-11/h5-6H,2-4,7-8H2,1H3. The van der Waals surface area contributed by atoms with Gasteiger partial charge in [-0.1, -0.05) is 22.4 Å². The van der Waals surface area contributed by atoms with Crippen LogP contribution in [0.3, 0.4) is 0 Å². The number of unbranched alkanes of at least 4 members (excludes halogenated alkanes) is 2. The Kier molecular flexibility index (Phi) is 5.39. The van der Waals surface area contributed by atoms with E-state index in [4.69, 9.17) is 4.74 Å². The molecular weight excluding hydrogens is 260 g/mol. The van der Waals surface area contributed by atoms with Gasteiger partial charge in [0.25, 0.3) is 5.56 Å². The van der Waals surface area contributed by atoms with E-state index in [0.717, 1.165) is 24.6 Å². The summed E-state index contributed by atoms with van der Waals surface area (Å²) < 4.78 is 6.41. The SMILES string of the molecule is COc1ccc(=O)n(CCCCCBr)n1. The fraction of sp³-hybridized carbons (Fsp3) is 0.600. The summed E-state index contributed by atoms with van der Waals surface area (Å²) in [4.78, 5) is 11.4. The Morgan fingerprint density at radius 2 is 2.20 bits per heavy atom. The second kappa shape index (κ2) is 6.61. The van der Waals surface area contributed by atoms with E-state index in [1.165, 1.54) is 10.7 Å². The quantitative estimate of drug-likeness (QED) is 0.587. The number of methoxy groups -OCH3 is 1. The first-order chi connectivity index (χ1) is 7.27. The van der Waals surface area contributed by atoms with Gasteiger partial charge in [0.2, 0.25) is 5.88 Å². The Labute approximate surface area is 97.4 Å². The minimum absolute atomic E-state index is 0.0744. The van der Waals surface area contributed by atoms with Gasteiger partial charge in [0, 0.05) is 24.0 Å². The van der Waals surface area contributed by atoms with Gasteiger partial charge in [0.15, 0.2) is 0 Å². The summed E-state index contributed by atoms with van der Waals surface area (Å²) in [7, 11) is 1.54. The summed E-state index contributed by atoms with van der Waals surface area (Å²) in [5, 5.41) is 5.07. The lowest BCUT2D eigenvalue weighted by atomic mass is 10.2.